The van der Waals surface area contributed by atoms with Crippen molar-refractivity contribution in [2.24, 2.45) is 0 Å². The summed E-state index contributed by atoms with van der Waals surface area (Å²) in [4.78, 5) is 16.3. The number of anilines is 1. The van der Waals surface area contributed by atoms with E-state index in [2.05, 4.69) is 4.90 Å². The highest BCUT2D eigenvalue weighted by Crippen LogP contribution is 2.20. The van der Waals surface area contributed by atoms with E-state index in [4.69, 9.17) is 9.47 Å². The lowest BCUT2D eigenvalue weighted by Crippen LogP contribution is -2.36. The molecule has 0 aromatic heterocycles. The predicted molar refractivity (Wildman–Crippen MR) is 98.2 cm³/mol. The molecule has 1 amide bonds. The van der Waals surface area contributed by atoms with Crippen LogP contribution in [0.3, 0.4) is 0 Å². The van der Waals surface area contributed by atoms with Gasteiger partial charge in [0.1, 0.15) is 11.6 Å². The molecule has 0 radical (unpaired) electrons. The van der Waals surface area contributed by atoms with Gasteiger partial charge in [0.15, 0.2) is 0 Å². The Morgan fingerprint density at radius 1 is 1.19 bits per heavy atom. The third kappa shape index (κ3) is 4.14. The molecule has 26 heavy (non-hydrogen) atoms. The van der Waals surface area contributed by atoms with Crippen molar-refractivity contribution >= 4 is 11.6 Å². The van der Waals surface area contributed by atoms with Gasteiger partial charge in [-0.05, 0) is 29.8 Å². The van der Waals surface area contributed by atoms with E-state index in [1.54, 1.807) is 13.1 Å². The van der Waals surface area contributed by atoms with Crippen molar-refractivity contribution in [2.45, 2.75) is 6.54 Å². The number of halogens is 1. The molecule has 2 aromatic carbocycles. The second-order valence-electron chi connectivity index (χ2n) is 6.27. The van der Waals surface area contributed by atoms with Gasteiger partial charge in [0.05, 0.1) is 25.9 Å². The Morgan fingerprint density at radius 2 is 1.88 bits per heavy atom. The van der Waals surface area contributed by atoms with Gasteiger partial charge in [-0.1, -0.05) is 12.1 Å². The summed E-state index contributed by atoms with van der Waals surface area (Å²) in [7, 11) is 3.13. The minimum atomic E-state index is -0.580. The number of benzene rings is 2. The molecular formula is C20H23FN2O3. The summed E-state index contributed by atoms with van der Waals surface area (Å²) in [6, 6.07) is 12.4. The van der Waals surface area contributed by atoms with Gasteiger partial charge in [0.25, 0.3) is 5.91 Å². The monoisotopic (exact) mass is 358 g/mol. The highest BCUT2D eigenvalue weighted by molar-refractivity contribution is 5.94. The number of morpholine rings is 1. The molecule has 6 heteroatoms. The quantitative estimate of drug-likeness (QED) is 0.824. The van der Waals surface area contributed by atoms with E-state index < -0.39 is 5.82 Å². The van der Waals surface area contributed by atoms with Crippen LogP contribution in [-0.4, -0.2) is 51.3 Å². The summed E-state index contributed by atoms with van der Waals surface area (Å²) in [5, 5.41) is 0. The zero-order valence-corrected chi connectivity index (χ0v) is 15.1. The molecular weight excluding hydrogens is 335 g/mol. The standard InChI is InChI=1S/C20H23FN2O3/c1-22(20(24)18-8-7-17(25-2)13-19(18)21)14-15-3-5-16(6-4-15)23-9-11-26-12-10-23/h3-8,13H,9-12,14H2,1-2H3. The molecule has 0 aliphatic carbocycles. The van der Waals surface area contributed by atoms with E-state index in [0.717, 1.165) is 37.6 Å². The van der Waals surface area contributed by atoms with Crippen molar-refractivity contribution in [2.75, 3.05) is 45.4 Å². The first-order chi connectivity index (χ1) is 12.6. The molecule has 0 atom stereocenters. The molecule has 138 valence electrons. The summed E-state index contributed by atoms with van der Waals surface area (Å²) in [6.07, 6.45) is 0. The zero-order chi connectivity index (χ0) is 18.5. The molecule has 0 spiro atoms. The van der Waals surface area contributed by atoms with Crippen LogP contribution < -0.4 is 9.64 Å². The van der Waals surface area contributed by atoms with Gasteiger partial charge < -0.3 is 19.3 Å². The van der Waals surface area contributed by atoms with Crippen LogP contribution in [0.1, 0.15) is 15.9 Å². The maximum absolute atomic E-state index is 14.1. The van der Waals surface area contributed by atoms with Crippen LogP contribution in [-0.2, 0) is 11.3 Å². The van der Waals surface area contributed by atoms with Gasteiger partial charge in [-0.15, -0.1) is 0 Å². The summed E-state index contributed by atoms with van der Waals surface area (Å²) in [5.74, 6) is -0.549. The third-order valence-corrected chi connectivity index (χ3v) is 4.49. The smallest absolute Gasteiger partial charge is 0.256 e. The number of nitrogens with zero attached hydrogens (tertiary/aromatic N) is 2. The second kappa shape index (κ2) is 8.19. The van der Waals surface area contributed by atoms with Gasteiger partial charge in [-0.2, -0.15) is 0 Å². The Bertz CT molecular complexity index is 758. The lowest BCUT2D eigenvalue weighted by atomic mass is 10.1. The molecule has 1 aliphatic heterocycles. The summed E-state index contributed by atoms with van der Waals surface area (Å²) in [6.45, 7) is 3.66. The van der Waals surface area contributed by atoms with Crippen LogP contribution in [0.15, 0.2) is 42.5 Å². The van der Waals surface area contributed by atoms with E-state index in [1.165, 1.54) is 24.1 Å². The van der Waals surface area contributed by atoms with E-state index in [1.807, 2.05) is 24.3 Å². The first-order valence-electron chi connectivity index (χ1n) is 8.59. The largest absolute Gasteiger partial charge is 0.497 e. The van der Waals surface area contributed by atoms with Crippen molar-refractivity contribution < 1.29 is 18.7 Å². The fourth-order valence-corrected chi connectivity index (χ4v) is 2.98. The van der Waals surface area contributed by atoms with Crippen molar-refractivity contribution in [3.63, 3.8) is 0 Å². The fraction of sp³-hybridized carbons (Fsp3) is 0.350. The van der Waals surface area contributed by atoms with Crippen molar-refractivity contribution in [3.8, 4) is 5.75 Å². The normalized spacial score (nSPS) is 14.2. The van der Waals surface area contributed by atoms with Crippen LogP contribution in [0, 0.1) is 5.82 Å². The van der Waals surface area contributed by atoms with E-state index in [0.29, 0.717) is 12.3 Å². The number of carbonyl (C=O) groups is 1. The Morgan fingerprint density at radius 3 is 2.50 bits per heavy atom. The predicted octanol–water partition coefficient (Wildman–Crippen LogP) is 2.94. The van der Waals surface area contributed by atoms with E-state index in [-0.39, 0.29) is 11.5 Å². The SMILES string of the molecule is COc1ccc(C(=O)N(C)Cc2ccc(N3CCOCC3)cc2)c(F)c1. The number of rotatable bonds is 5. The number of hydrogen-bond donors (Lipinski definition) is 0. The van der Waals surface area contributed by atoms with Crippen molar-refractivity contribution in [3.05, 3.63) is 59.4 Å². The molecule has 5 nitrogen and oxygen atoms in total. The van der Waals surface area contributed by atoms with Crippen molar-refractivity contribution in [1.29, 1.82) is 0 Å². The number of amides is 1. The third-order valence-electron chi connectivity index (χ3n) is 4.49. The van der Waals surface area contributed by atoms with Gasteiger partial charge in [0.2, 0.25) is 0 Å². The lowest BCUT2D eigenvalue weighted by molar-refractivity contribution is 0.0780. The average molecular weight is 358 g/mol. The Balaban J connectivity index is 1.65. The molecule has 1 fully saturated rings. The summed E-state index contributed by atoms with van der Waals surface area (Å²) < 4.78 is 24.4. The molecule has 2 aromatic rings. The summed E-state index contributed by atoms with van der Waals surface area (Å²) in [5.41, 5.74) is 2.18. The molecule has 1 heterocycles. The van der Waals surface area contributed by atoms with Crippen LogP contribution in [0.25, 0.3) is 0 Å². The second-order valence-corrected chi connectivity index (χ2v) is 6.27. The Labute approximate surface area is 152 Å². The zero-order valence-electron chi connectivity index (χ0n) is 15.1. The van der Waals surface area contributed by atoms with E-state index in [9.17, 15) is 9.18 Å². The highest BCUT2D eigenvalue weighted by Gasteiger charge is 2.17. The van der Waals surface area contributed by atoms with Gasteiger partial charge in [-0.3, -0.25) is 4.79 Å². The van der Waals surface area contributed by atoms with Crippen LogP contribution in [0.5, 0.6) is 5.75 Å². The van der Waals surface area contributed by atoms with Crippen molar-refractivity contribution in [1.82, 2.24) is 4.90 Å². The van der Waals surface area contributed by atoms with E-state index >= 15 is 0 Å². The molecule has 1 saturated heterocycles. The minimum absolute atomic E-state index is 0.0400. The maximum atomic E-state index is 14.1. The number of hydrogen-bond acceptors (Lipinski definition) is 4. The Kier molecular flexibility index (Phi) is 5.73. The van der Waals surface area contributed by atoms with Gasteiger partial charge >= 0.3 is 0 Å². The molecule has 0 bridgehead atoms. The molecule has 0 saturated carbocycles. The molecule has 0 N–H and O–H groups in total. The minimum Gasteiger partial charge on any atom is -0.497 e. The molecule has 1 aliphatic rings. The average Bonchev–Trinajstić information content (AvgIpc) is 2.68. The highest BCUT2D eigenvalue weighted by atomic mass is 19.1. The topological polar surface area (TPSA) is 42.0 Å². The van der Waals surface area contributed by atoms with Crippen LogP contribution >= 0.6 is 0 Å². The summed E-state index contributed by atoms with van der Waals surface area (Å²) >= 11 is 0. The molecule has 3 rings (SSSR count). The fourth-order valence-electron chi connectivity index (χ4n) is 2.98. The number of methoxy groups -OCH3 is 1. The van der Waals surface area contributed by atoms with Gasteiger partial charge in [0, 0.05) is 38.4 Å². The molecule has 0 unspecified atom stereocenters. The van der Waals surface area contributed by atoms with Crippen LogP contribution in [0.2, 0.25) is 0 Å². The maximum Gasteiger partial charge on any atom is 0.256 e. The first kappa shape index (κ1) is 18.2. The Hall–Kier alpha value is -2.60. The number of ether oxygens (including phenoxy) is 2. The first-order valence-corrected chi connectivity index (χ1v) is 8.59. The van der Waals surface area contributed by atoms with Gasteiger partial charge in [-0.25, -0.2) is 4.39 Å². The number of carbonyl (C=O) groups excluding carboxylic acids is 1. The lowest BCUT2D eigenvalue weighted by Gasteiger charge is -2.29. The van der Waals surface area contributed by atoms with Crippen LogP contribution in [0.4, 0.5) is 10.1 Å².